The van der Waals surface area contributed by atoms with Crippen molar-refractivity contribution in [2.45, 2.75) is 129 Å². The molecule has 5 nitrogen and oxygen atoms in total. The van der Waals surface area contributed by atoms with Crippen molar-refractivity contribution in [1.82, 2.24) is 4.90 Å². The van der Waals surface area contributed by atoms with E-state index in [2.05, 4.69) is 6.92 Å². The molecule has 0 N–H and O–H groups in total. The summed E-state index contributed by atoms with van der Waals surface area (Å²) in [5.74, 6) is -0.272. The minimum absolute atomic E-state index is 0.272. The maximum absolute atomic E-state index is 12.2. The number of carbonyl (C=O) groups is 2. The maximum atomic E-state index is 12.2. The zero-order chi connectivity index (χ0) is 21.9. The third kappa shape index (κ3) is 12.4. The summed E-state index contributed by atoms with van der Waals surface area (Å²) in [5.41, 5.74) is 0. The fraction of sp³-hybridized carbons (Fsp3) is 0.920. The molecule has 5 heteroatoms. The van der Waals surface area contributed by atoms with Crippen LogP contribution in [0, 0.1) is 0 Å². The minimum atomic E-state index is -0.458. The van der Waals surface area contributed by atoms with Gasteiger partial charge in [0.2, 0.25) is 0 Å². The van der Waals surface area contributed by atoms with Crippen LogP contribution in [0.1, 0.15) is 123 Å². The van der Waals surface area contributed by atoms with Crippen LogP contribution in [0.2, 0.25) is 0 Å². The highest BCUT2D eigenvalue weighted by molar-refractivity contribution is 5.82. The molecular weight excluding hydrogens is 378 g/mol. The van der Waals surface area contributed by atoms with Gasteiger partial charge in [-0.1, -0.05) is 96.8 Å². The van der Waals surface area contributed by atoms with Crippen LogP contribution in [0.4, 0.5) is 4.79 Å². The van der Waals surface area contributed by atoms with E-state index in [9.17, 15) is 9.59 Å². The number of rotatable bonds is 18. The van der Waals surface area contributed by atoms with Crippen LogP contribution in [0.5, 0.6) is 0 Å². The molecule has 1 atom stereocenters. The molecule has 1 rings (SSSR count). The van der Waals surface area contributed by atoms with Gasteiger partial charge in [-0.05, 0) is 26.2 Å². The fourth-order valence-electron chi connectivity index (χ4n) is 4.18. The third-order valence-corrected chi connectivity index (χ3v) is 6.02. The molecule has 1 aliphatic heterocycles. The van der Waals surface area contributed by atoms with Crippen LogP contribution in [-0.2, 0) is 14.3 Å². The quantitative estimate of drug-likeness (QED) is 0.175. The molecule has 0 saturated carbocycles. The first kappa shape index (κ1) is 26.8. The largest absolute Gasteiger partial charge is 0.464 e. The third-order valence-electron chi connectivity index (χ3n) is 6.02. The first-order valence-electron chi connectivity index (χ1n) is 12.8. The summed E-state index contributed by atoms with van der Waals surface area (Å²) < 4.78 is 10.4. The summed E-state index contributed by atoms with van der Waals surface area (Å²) >= 11 is 0. The number of ether oxygens (including phenoxy) is 2. The van der Waals surface area contributed by atoms with Crippen LogP contribution < -0.4 is 0 Å². The van der Waals surface area contributed by atoms with Gasteiger partial charge in [-0.3, -0.25) is 4.90 Å². The minimum Gasteiger partial charge on any atom is -0.464 e. The molecular formula is C25H47NO4. The Labute approximate surface area is 185 Å². The molecule has 176 valence electrons. The van der Waals surface area contributed by atoms with E-state index in [4.69, 9.17) is 9.47 Å². The van der Waals surface area contributed by atoms with E-state index in [-0.39, 0.29) is 5.97 Å². The van der Waals surface area contributed by atoms with E-state index in [1.807, 2.05) is 0 Å². The Kier molecular flexibility index (Phi) is 16.5. The van der Waals surface area contributed by atoms with E-state index in [1.54, 1.807) is 6.92 Å². The number of amides is 1. The topological polar surface area (TPSA) is 55.8 Å². The van der Waals surface area contributed by atoms with Crippen molar-refractivity contribution < 1.29 is 19.1 Å². The number of carbonyl (C=O) groups excluding carboxylic acids is 2. The van der Waals surface area contributed by atoms with Gasteiger partial charge in [-0.25, -0.2) is 9.59 Å². The van der Waals surface area contributed by atoms with Gasteiger partial charge in [0.25, 0.3) is 0 Å². The number of hydrogen-bond acceptors (Lipinski definition) is 4. The van der Waals surface area contributed by atoms with E-state index in [0.717, 1.165) is 19.3 Å². The lowest BCUT2D eigenvalue weighted by Gasteiger charge is -2.22. The second-order valence-electron chi connectivity index (χ2n) is 8.67. The Balaban J connectivity index is 1.88. The average Bonchev–Trinajstić information content (AvgIpc) is 3.23. The monoisotopic (exact) mass is 425 g/mol. The van der Waals surface area contributed by atoms with Gasteiger partial charge in [0.1, 0.15) is 6.04 Å². The molecule has 0 bridgehead atoms. The molecule has 1 fully saturated rings. The molecule has 0 aromatic carbocycles. The fourth-order valence-corrected chi connectivity index (χ4v) is 4.18. The van der Waals surface area contributed by atoms with Crippen molar-refractivity contribution in [2.24, 2.45) is 0 Å². The van der Waals surface area contributed by atoms with E-state index >= 15 is 0 Å². The Morgan fingerprint density at radius 1 is 0.733 bits per heavy atom. The number of esters is 1. The number of unbranched alkanes of at least 4 members (excludes halogenated alkanes) is 14. The predicted octanol–water partition coefficient (Wildman–Crippen LogP) is 7.02. The van der Waals surface area contributed by atoms with E-state index < -0.39 is 12.1 Å². The molecule has 1 saturated heterocycles. The van der Waals surface area contributed by atoms with Gasteiger partial charge in [-0.2, -0.15) is 0 Å². The van der Waals surface area contributed by atoms with Crippen LogP contribution in [-0.4, -0.2) is 42.8 Å². The molecule has 0 spiro atoms. The molecule has 30 heavy (non-hydrogen) atoms. The summed E-state index contributed by atoms with van der Waals surface area (Å²) in [4.78, 5) is 25.6. The highest BCUT2D eigenvalue weighted by Crippen LogP contribution is 2.20. The SMILES string of the molecule is CCCCCCCCCCCCCCCCCOC(=O)C1CCCN1C(=O)OCC. The van der Waals surface area contributed by atoms with Crippen molar-refractivity contribution in [3.8, 4) is 0 Å². The molecule has 1 unspecified atom stereocenters. The second kappa shape index (κ2) is 18.5. The average molecular weight is 426 g/mol. The van der Waals surface area contributed by atoms with Crippen molar-refractivity contribution in [2.75, 3.05) is 19.8 Å². The van der Waals surface area contributed by atoms with Gasteiger partial charge in [0, 0.05) is 6.54 Å². The Morgan fingerprint density at radius 3 is 1.73 bits per heavy atom. The van der Waals surface area contributed by atoms with E-state index in [1.165, 1.54) is 88.4 Å². The Hall–Kier alpha value is -1.26. The number of hydrogen-bond donors (Lipinski definition) is 0. The van der Waals surface area contributed by atoms with Crippen molar-refractivity contribution in [3.63, 3.8) is 0 Å². The van der Waals surface area contributed by atoms with Crippen LogP contribution in [0.3, 0.4) is 0 Å². The Morgan fingerprint density at radius 2 is 1.23 bits per heavy atom. The normalized spacial score (nSPS) is 16.1. The van der Waals surface area contributed by atoms with Gasteiger partial charge >= 0.3 is 12.1 Å². The van der Waals surface area contributed by atoms with Gasteiger partial charge in [0.05, 0.1) is 13.2 Å². The molecule has 0 aliphatic carbocycles. The van der Waals surface area contributed by atoms with Crippen LogP contribution in [0.15, 0.2) is 0 Å². The summed E-state index contributed by atoms with van der Waals surface area (Å²) in [6, 6.07) is -0.458. The molecule has 1 amide bonds. The van der Waals surface area contributed by atoms with Crippen LogP contribution in [0.25, 0.3) is 0 Å². The van der Waals surface area contributed by atoms with Gasteiger partial charge < -0.3 is 9.47 Å². The first-order valence-corrected chi connectivity index (χ1v) is 12.8. The van der Waals surface area contributed by atoms with E-state index in [0.29, 0.717) is 26.2 Å². The number of likely N-dealkylation sites (tertiary alicyclic amines) is 1. The van der Waals surface area contributed by atoms with Gasteiger partial charge in [0.15, 0.2) is 0 Å². The standard InChI is InChI=1S/C25H47NO4/c1-3-5-6-7-8-9-10-11-12-13-14-15-16-17-18-22-30-24(27)23-20-19-21-26(23)25(28)29-4-2/h23H,3-22H2,1-2H3. The summed E-state index contributed by atoms with van der Waals surface area (Å²) in [5, 5.41) is 0. The van der Waals surface area contributed by atoms with Gasteiger partial charge in [-0.15, -0.1) is 0 Å². The van der Waals surface area contributed by atoms with Crippen LogP contribution >= 0.6 is 0 Å². The summed E-state index contributed by atoms with van der Waals surface area (Å²) in [6.07, 6.45) is 20.9. The summed E-state index contributed by atoms with van der Waals surface area (Å²) in [6.45, 7) is 5.42. The highest BCUT2D eigenvalue weighted by Gasteiger charge is 2.36. The summed E-state index contributed by atoms with van der Waals surface area (Å²) in [7, 11) is 0. The Bertz CT molecular complexity index is 441. The van der Waals surface area contributed by atoms with Crippen molar-refractivity contribution in [3.05, 3.63) is 0 Å². The lowest BCUT2D eigenvalue weighted by atomic mass is 10.0. The van der Waals surface area contributed by atoms with Crippen molar-refractivity contribution >= 4 is 12.1 Å². The molecule has 1 heterocycles. The highest BCUT2D eigenvalue weighted by atomic mass is 16.6. The molecule has 0 aromatic heterocycles. The lowest BCUT2D eigenvalue weighted by molar-refractivity contribution is -0.148. The lowest BCUT2D eigenvalue weighted by Crippen LogP contribution is -2.41. The maximum Gasteiger partial charge on any atom is 0.410 e. The van der Waals surface area contributed by atoms with Crippen molar-refractivity contribution in [1.29, 1.82) is 0 Å². The molecule has 0 aromatic rings. The first-order chi connectivity index (χ1) is 14.7. The molecule has 1 aliphatic rings. The smallest absolute Gasteiger partial charge is 0.410 e. The second-order valence-corrected chi connectivity index (χ2v) is 8.67. The zero-order valence-corrected chi connectivity index (χ0v) is 19.8. The number of nitrogens with zero attached hydrogens (tertiary/aromatic N) is 1. The predicted molar refractivity (Wildman–Crippen MR) is 123 cm³/mol. The molecule has 0 radical (unpaired) electrons. The zero-order valence-electron chi connectivity index (χ0n) is 19.8.